The number of hydrogen-bond donors (Lipinski definition) is 1. The molecule has 6 nitrogen and oxygen atoms in total. The third kappa shape index (κ3) is 5.02. The SMILES string of the molecule is O=C(NCCCc1ccccc1)C1CCN(c2ccc(-c3ccco3)nn2)CC1. The van der Waals surface area contributed by atoms with Crippen LogP contribution in [0, 0.1) is 5.92 Å². The van der Waals surface area contributed by atoms with Crippen molar-refractivity contribution in [2.75, 3.05) is 24.5 Å². The van der Waals surface area contributed by atoms with E-state index in [0.717, 1.165) is 56.8 Å². The molecule has 0 spiro atoms. The highest BCUT2D eigenvalue weighted by Gasteiger charge is 2.25. The molecule has 1 aliphatic heterocycles. The fraction of sp³-hybridized carbons (Fsp3) is 0.348. The maximum absolute atomic E-state index is 12.5. The van der Waals surface area contributed by atoms with Crippen molar-refractivity contribution in [1.29, 1.82) is 0 Å². The van der Waals surface area contributed by atoms with Crippen molar-refractivity contribution >= 4 is 11.7 Å². The number of aromatic nitrogens is 2. The van der Waals surface area contributed by atoms with Crippen LogP contribution in [-0.4, -0.2) is 35.7 Å². The smallest absolute Gasteiger partial charge is 0.223 e. The molecule has 2 aromatic heterocycles. The maximum Gasteiger partial charge on any atom is 0.223 e. The Morgan fingerprint density at radius 2 is 1.86 bits per heavy atom. The largest absolute Gasteiger partial charge is 0.463 e. The minimum absolute atomic E-state index is 0.0818. The molecule has 0 bridgehead atoms. The molecule has 1 saturated heterocycles. The van der Waals surface area contributed by atoms with Crippen LogP contribution >= 0.6 is 0 Å². The molecular weight excluding hydrogens is 364 g/mol. The molecular formula is C23H26N4O2. The molecule has 1 aliphatic rings. The number of nitrogens with zero attached hydrogens (tertiary/aromatic N) is 3. The summed E-state index contributed by atoms with van der Waals surface area (Å²) in [5.41, 5.74) is 2.04. The van der Waals surface area contributed by atoms with Crippen LogP contribution in [0.1, 0.15) is 24.8 Å². The Morgan fingerprint density at radius 1 is 1.03 bits per heavy atom. The van der Waals surface area contributed by atoms with Crippen LogP contribution in [0.4, 0.5) is 5.82 Å². The van der Waals surface area contributed by atoms with Crippen molar-refractivity contribution in [2.24, 2.45) is 5.92 Å². The molecule has 4 rings (SSSR count). The molecule has 3 heterocycles. The topological polar surface area (TPSA) is 71.3 Å². The number of piperidine rings is 1. The Kier molecular flexibility index (Phi) is 6.19. The first kappa shape index (κ1) is 19.2. The van der Waals surface area contributed by atoms with Gasteiger partial charge in [-0.05, 0) is 55.5 Å². The Bertz CT molecular complexity index is 886. The Balaban J connectivity index is 1.20. The number of amides is 1. The van der Waals surface area contributed by atoms with Crippen LogP contribution < -0.4 is 10.2 Å². The summed E-state index contributed by atoms with van der Waals surface area (Å²) >= 11 is 0. The van der Waals surface area contributed by atoms with Crippen molar-refractivity contribution in [3.05, 3.63) is 66.4 Å². The van der Waals surface area contributed by atoms with Gasteiger partial charge in [0, 0.05) is 25.6 Å². The second-order valence-electron chi connectivity index (χ2n) is 7.40. The van der Waals surface area contributed by atoms with Gasteiger partial charge in [-0.3, -0.25) is 4.79 Å². The fourth-order valence-electron chi connectivity index (χ4n) is 3.71. The molecule has 29 heavy (non-hydrogen) atoms. The Morgan fingerprint density at radius 3 is 2.55 bits per heavy atom. The van der Waals surface area contributed by atoms with Gasteiger partial charge in [0.1, 0.15) is 5.69 Å². The standard InChI is InChI=1S/C23H26N4O2/c28-23(24-14-4-8-18-6-2-1-3-7-18)19-12-15-27(16-13-19)22-11-10-20(25-26-22)21-9-5-17-29-21/h1-3,5-7,9-11,17,19H,4,8,12-16H2,(H,24,28). The number of anilines is 1. The predicted octanol–water partition coefficient (Wildman–Crippen LogP) is 3.70. The van der Waals surface area contributed by atoms with Crippen molar-refractivity contribution in [2.45, 2.75) is 25.7 Å². The van der Waals surface area contributed by atoms with E-state index in [4.69, 9.17) is 4.42 Å². The van der Waals surface area contributed by atoms with Crippen LogP contribution in [-0.2, 0) is 11.2 Å². The highest BCUT2D eigenvalue weighted by Crippen LogP contribution is 2.23. The first-order valence-electron chi connectivity index (χ1n) is 10.2. The summed E-state index contributed by atoms with van der Waals surface area (Å²) in [6.07, 6.45) is 5.26. The first-order valence-corrected chi connectivity index (χ1v) is 10.2. The zero-order valence-electron chi connectivity index (χ0n) is 16.5. The normalized spacial score (nSPS) is 14.7. The molecule has 0 aliphatic carbocycles. The molecule has 0 saturated carbocycles. The van der Waals surface area contributed by atoms with Crippen molar-refractivity contribution in [3.8, 4) is 11.5 Å². The van der Waals surface area contributed by atoms with Gasteiger partial charge in [0.2, 0.25) is 5.91 Å². The lowest BCUT2D eigenvalue weighted by Gasteiger charge is -2.31. The molecule has 0 atom stereocenters. The van der Waals surface area contributed by atoms with Crippen molar-refractivity contribution in [1.82, 2.24) is 15.5 Å². The summed E-state index contributed by atoms with van der Waals surface area (Å²) in [4.78, 5) is 14.7. The Labute approximate surface area is 170 Å². The molecule has 0 radical (unpaired) electrons. The maximum atomic E-state index is 12.5. The van der Waals surface area contributed by atoms with Gasteiger partial charge in [-0.2, -0.15) is 0 Å². The quantitative estimate of drug-likeness (QED) is 0.623. The van der Waals surface area contributed by atoms with E-state index >= 15 is 0 Å². The van der Waals surface area contributed by atoms with E-state index < -0.39 is 0 Å². The number of aryl methyl sites for hydroxylation is 1. The predicted molar refractivity (Wildman–Crippen MR) is 112 cm³/mol. The molecule has 6 heteroatoms. The van der Waals surface area contributed by atoms with Crippen molar-refractivity contribution in [3.63, 3.8) is 0 Å². The van der Waals surface area contributed by atoms with Gasteiger partial charge in [-0.25, -0.2) is 0 Å². The molecule has 3 aromatic rings. The molecule has 0 unspecified atom stereocenters. The summed E-state index contributed by atoms with van der Waals surface area (Å²) in [5, 5.41) is 11.7. The van der Waals surface area contributed by atoms with Gasteiger partial charge in [0.15, 0.2) is 11.6 Å². The summed E-state index contributed by atoms with van der Waals surface area (Å²) < 4.78 is 5.35. The summed E-state index contributed by atoms with van der Waals surface area (Å²) in [5.74, 6) is 1.82. The monoisotopic (exact) mass is 390 g/mol. The van der Waals surface area contributed by atoms with Gasteiger partial charge < -0.3 is 14.6 Å². The van der Waals surface area contributed by atoms with E-state index in [9.17, 15) is 4.79 Å². The Hall–Kier alpha value is -3.15. The van der Waals surface area contributed by atoms with Gasteiger partial charge in [0.25, 0.3) is 0 Å². The lowest BCUT2D eigenvalue weighted by molar-refractivity contribution is -0.125. The molecule has 1 fully saturated rings. The van der Waals surface area contributed by atoms with Gasteiger partial charge in [-0.15, -0.1) is 10.2 Å². The number of hydrogen-bond acceptors (Lipinski definition) is 5. The van der Waals surface area contributed by atoms with Crippen LogP contribution in [0.2, 0.25) is 0 Å². The number of carbonyl (C=O) groups excluding carboxylic acids is 1. The van der Waals surface area contributed by atoms with Gasteiger partial charge in [-0.1, -0.05) is 30.3 Å². The average Bonchev–Trinajstić information content (AvgIpc) is 3.33. The zero-order chi connectivity index (χ0) is 19.9. The minimum Gasteiger partial charge on any atom is -0.463 e. The van der Waals surface area contributed by atoms with Crippen LogP contribution in [0.5, 0.6) is 0 Å². The average molecular weight is 390 g/mol. The lowest BCUT2D eigenvalue weighted by atomic mass is 9.96. The fourth-order valence-corrected chi connectivity index (χ4v) is 3.71. The number of benzene rings is 1. The number of nitrogens with one attached hydrogen (secondary N) is 1. The summed E-state index contributed by atoms with van der Waals surface area (Å²) in [6, 6.07) is 18.0. The minimum atomic E-state index is 0.0818. The van der Waals surface area contributed by atoms with Gasteiger partial charge >= 0.3 is 0 Å². The van der Waals surface area contributed by atoms with E-state index in [1.54, 1.807) is 6.26 Å². The summed E-state index contributed by atoms with van der Waals surface area (Å²) in [7, 11) is 0. The van der Waals surface area contributed by atoms with Crippen LogP contribution in [0.3, 0.4) is 0 Å². The van der Waals surface area contributed by atoms with E-state index in [2.05, 4.69) is 44.7 Å². The third-order valence-electron chi connectivity index (χ3n) is 5.40. The summed E-state index contributed by atoms with van der Waals surface area (Å²) in [6.45, 7) is 2.36. The van der Waals surface area contributed by atoms with Crippen LogP contribution in [0.15, 0.2) is 65.3 Å². The van der Waals surface area contributed by atoms with E-state index in [1.807, 2.05) is 30.3 Å². The second kappa shape index (κ2) is 9.37. The van der Waals surface area contributed by atoms with E-state index in [-0.39, 0.29) is 11.8 Å². The van der Waals surface area contributed by atoms with E-state index in [1.165, 1.54) is 5.56 Å². The van der Waals surface area contributed by atoms with Gasteiger partial charge in [0.05, 0.1) is 6.26 Å². The van der Waals surface area contributed by atoms with Crippen molar-refractivity contribution < 1.29 is 9.21 Å². The highest BCUT2D eigenvalue weighted by molar-refractivity contribution is 5.78. The second-order valence-corrected chi connectivity index (χ2v) is 7.40. The molecule has 1 aromatic carbocycles. The third-order valence-corrected chi connectivity index (χ3v) is 5.40. The molecule has 150 valence electrons. The zero-order valence-corrected chi connectivity index (χ0v) is 16.5. The highest BCUT2D eigenvalue weighted by atomic mass is 16.3. The number of furan rings is 1. The van der Waals surface area contributed by atoms with E-state index in [0.29, 0.717) is 5.76 Å². The number of carbonyl (C=O) groups is 1. The molecule has 1 amide bonds. The number of rotatable bonds is 7. The molecule has 1 N–H and O–H groups in total. The lowest BCUT2D eigenvalue weighted by Crippen LogP contribution is -2.41. The van der Waals surface area contributed by atoms with Crippen LogP contribution in [0.25, 0.3) is 11.5 Å². The first-order chi connectivity index (χ1) is 14.3.